The van der Waals surface area contributed by atoms with Crippen LogP contribution in [0.4, 0.5) is 0 Å². The zero-order valence-corrected chi connectivity index (χ0v) is 11.5. The number of hydrogen-bond acceptors (Lipinski definition) is 4. The molecular formula is C13H17N3O2S. The van der Waals surface area contributed by atoms with E-state index in [0.29, 0.717) is 18.0 Å². The zero-order valence-electron chi connectivity index (χ0n) is 10.7. The van der Waals surface area contributed by atoms with Crippen molar-refractivity contribution in [3.63, 3.8) is 0 Å². The summed E-state index contributed by atoms with van der Waals surface area (Å²) in [5.41, 5.74) is 1.07. The zero-order chi connectivity index (χ0) is 13.2. The van der Waals surface area contributed by atoms with E-state index in [1.807, 2.05) is 0 Å². The second kappa shape index (κ2) is 5.28. The third kappa shape index (κ3) is 2.63. The van der Waals surface area contributed by atoms with Crippen LogP contribution in [0.5, 0.6) is 0 Å². The standard InChI is InChI=1S/C13H17N3O2S/c17-11-9(4-1-2-7-14-11)15-12(18)13-16-8-5-3-6-10(8)19-13/h9H,1-7H2,(H,14,17)(H,15,18). The van der Waals surface area contributed by atoms with Crippen molar-refractivity contribution in [3.8, 4) is 0 Å². The Morgan fingerprint density at radius 3 is 3.05 bits per heavy atom. The fraction of sp³-hybridized carbons (Fsp3) is 0.615. The molecule has 0 bridgehead atoms. The highest BCUT2D eigenvalue weighted by molar-refractivity contribution is 7.13. The molecule has 0 saturated carbocycles. The van der Waals surface area contributed by atoms with Crippen molar-refractivity contribution in [1.29, 1.82) is 0 Å². The Hall–Kier alpha value is -1.43. The first-order valence-corrected chi connectivity index (χ1v) is 7.63. The number of aromatic nitrogens is 1. The first-order valence-electron chi connectivity index (χ1n) is 6.81. The van der Waals surface area contributed by atoms with Crippen LogP contribution in [0.15, 0.2) is 0 Å². The van der Waals surface area contributed by atoms with E-state index in [4.69, 9.17) is 0 Å². The van der Waals surface area contributed by atoms with E-state index in [9.17, 15) is 9.59 Å². The van der Waals surface area contributed by atoms with Gasteiger partial charge in [-0.2, -0.15) is 0 Å². The third-order valence-electron chi connectivity index (χ3n) is 3.63. The van der Waals surface area contributed by atoms with Crippen LogP contribution in [0.1, 0.15) is 46.1 Å². The lowest BCUT2D eigenvalue weighted by molar-refractivity contribution is -0.122. The number of amides is 2. The maximum atomic E-state index is 12.1. The lowest BCUT2D eigenvalue weighted by Gasteiger charge is -2.13. The van der Waals surface area contributed by atoms with Crippen molar-refractivity contribution in [2.75, 3.05) is 6.54 Å². The highest BCUT2D eigenvalue weighted by atomic mass is 32.1. The van der Waals surface area contributed by atoms with Gasteiger partial charge in [-0.3, -0.25) is 9.59 Å². The van der Waals surface area contributed by atoms with E-state index < -0.39 is 6.04 Å². The molecule has 0 spiro atoms. The van der Waals surface area contributed by atoms with Gasteiger partial charge in [-0.1, -0.05) is 0 Å². The van der Waals surface area contributed by atoms with Crippen LogP contribution in [0.2, 0.25) is 0 Å². The van der Waals surface area contributed by atoms with E-state index in [2.05, 4.69) is 15.6 Å². The molecule has 6 heteroatoms. The van der Waals surface area contributed by atoms with Gasteiger partial charge in [-0.15, -0.1) is 11.3 Å². The highest BCUT2D eigenvalue weighted by Crippen LogP contribution is 2.27. The number of thiazole rings is 1. The molecule has 5 nitrogen and oxygen atoms in total. The van der Waals surface area contributed by atoms with Crippen molar-refractivity contribution >= 4 is 23.2 Å². The molecule has 1 saturated heterocycles. The molecule has 0 radical (unpaired) electrons. The molecule has 19 heavy (non-hydrogen) atoms. The van der Waals surface area contributed by atoms with Gasteiger partial charge in [0.05, 0.1) is 5.69 Å². The summed E-state index contributed by atoms with van der Waals surface area (Å²) in [6, 6.07) is -0.409. The fourth-order valence-electron chi connectivity index (χ4n) is 2.58. The van der Waals surface area contributed by atoms with Gasteiger partial charge in [0.2, 0.25) is 5.91 Å². The van der Waals surface area contributed by atoms with Crippen molar-refractivity contribution in [1.82, 2.24) is 15.6 Å². The van der Waals surface area contributed by atoms with E-state index in [1.54, 1.807) is 0 Å². The predicted molar refractivity (Wildman–Crippen MR) is 72.3 cm³/mol. The lowest BCUT2D eigenvalue weighted by Crippen LogP contribution is -2.45. The second-order valence-corrected chi connectivity index (χ2v) is 6.14. The number of carbonyl (C=O) groups excluding carboxylic acids is 2. The molecule has 1 aliphatic heterocycles. The Kier molecular flexibility index (Phi) is 3.50. The summed E-state index contributed by atoms with van der Waals surface area (Å²) in [5, 5.41) is 6.13. The molecule has 3 rings (SSSR count). The van der Waals surface area contributed by atoms with Gasteiger partial charge in [0, 0.05) is 11.4 Å². The molecule has 1 aromatic rings. The van der Waals surface area contributed by atoms with Crippen LogP contribution in [0.25, 0.3) is 0 Å². The summed E-state index contributed by atoms with van der Waals surface area (Å²) in [6.07, 6.45) is 5.79. The number of hydrogen-bond donors (Lipinski definition) is 2. The van der Waals surface area contributed by atoms with Gasteiger partial charge in [0.25, 0.3) is 5.91 Å². The van der Waals surface area contributed by atoms with Crippen LogP contribution >= 0.6 is 11.3 Å². The van der Waals surface area contributed by atoms with Gasteiger partial charge in [-0.25, -0.2) is 4.98 Å². The van der Waals surface area contributed by atoms with Crippen molar-refractivity contribution < 1.29 is 9.59 Å². The van der Waals surface area contributed by atoms with Crippen LogP contribution in [0.3, 0.4) is 0 Å². The van der Waals surface area contributed by atoms with Crippen LogP contribution in [-0.4, -0.2) is 29.4 Å². The molecule has 1 unspecified atom stereocenters. The van der Waals surface area contributed by atoms with Crippen molar-refractivity contribution in [3.05, 3.63) is 15.6 Å². The van der Waals surface area contributed by atoms with E-state index in [0.717, 1.165) is 37.8 Å². The summed E-state index contributed by atoms with van der Waals surface area (Å²) < 4.78 is 0. The smallest absolute Gasteiger partial charge is 0.280 e. The number of nitrogens with zero attached hydrogens (tertiary/aromatic N) is 1. The molecule has 1 atom stereocenters. The molecule has 2 N–H and O–H groups in total. The summed E-state index contributed by atoms with van der Waals surface area (Å²) >= 11 is 1.47. The Morgan fingerprint density at radius 1 is 1.32 bits per heavy atom. The number of nitrogens with one attached hydrogen (secondary N) is 2. The number of rotatable bonds is 2. The third-order valence-corrected chi connectivity index (χ3v) is 4.79. The Bertz CT molecular complexity index is 490. The molecule has 102 valence electrons. The number of carbonyl (C=O) groups is 2. The summed E-state index contributed by atoms with van der Waals surface area (Å²) in [5.74, 6) is -0.281. The maximum absolute atomic E-state index is 12.1. The van der Waals surface area contributed by atoms with Gasteiger partial charge < -0.3 is 10.6 Å². The maximum Gasteiger partial charge on any atom is 0.280 e. The van der Waals surface area contributed by atoms with Crippen LogP contribution < -0.4 is 10.6 Å². The normalized spacial score (nSPS) is 22.5. The first kappa shape index (κ1) is 12.6. The van der Waals surface area contributed by atoms with E-state index >= 15 is 0 Å². The topological polar surface area (TPSA) is 71.1 Å². The minimum atomic E-state index is -0.409. The van der Waals surface area contributed by atoms with Crippen LogP contribution in [-0.2, 0) is 17.6 Å². The fourth-order valence-corrected chi connectivity index (χ4v) is 3.64. The monoisotopic (exact) mass is 279 g/mol. The predicted octanol–water partition coefficient (Wildman–Crippen LogP) is 1.03. The summed E-state index contributed by atoms with van der Waals surface area (Å²) in [4.78, 5) is 29.5. The van der Waals surface area contributed by atoms with E-state index in [-0.39, 0.29) is 11.8 Å². The molecule has 1 fully saturated rings. The Morgan fingerprint density at radius 2 is 2.21 bits per heavy atom. The molecular weight excluding hydrogens is 262 g/mol. The van der Waals surface area contributed by atoms with Gasteiger partial charge >= 0.3 is 0 Å². The first-order chi connectivity index (χ1) is 9.24. The number of aryl methyl sites for hydroxylation is 2. The molecule has 2 aliphatic rings. The minimum Gasteiger partial charge on any atom is -0.354 e. The summed E-state index contributed by atoms with van der Waals surface area (Å²) in [6.45, 7) is 0.705. The van der Waals surface area contributed by atoms with Crippen molar-refractivity contribution in [2.45, 2.75) is 44.6 Å². The molecule has 1 aromatic heterocycles. The molecule has 2 amide bonds. The molecule has 1 aliphatic carbocycles. The minimum absolute atomic E-state index is 0.0741. The Labute approximate surface area is 115 Å². The molecule has 2 heterocycles. The summed E-state index contributed by atoms with van der Waals surface area (Å²) in [7, 11) is 0. The quantitative estimate of drug-likeness (QED) is 0.849. The average molecular weight is 279 g/mol. The van der Waals surface area contributed by atoms with Crippen LogP contribution in [0, 0.1) is 0 Å². The molecule has 0 aromatic carbocycles. The highest BCUT2D eigenvalue weighted by Gasteiger charge is 2.26. The second-order valence-electron chi connectivity index (χ2n) is 5.06. The van der Waals surface area contributed by atoms with Gasteiger partial charge in [0.1, 0.15) is 6.04 Å². The van der Waals surface area contributed by atoms with Gasteiger partial charge in [0.15, 0.2) is 5.01 Å². The largest absolute Gasteiger partial charge is 0.354 e. The van der Waals surface area contributed by atoms with Gasteiger partial charge in [-0.05, 0) is 38.5 Å². The van der Waals surface area contributed by atoms with Crippen molar-refractivity contribution in [2.24, 2.45) is 0 Å². The lowest BCUT2D eigenvalue weighted by atomic mass is 10.1. The Balaban J connectivity index is 1.68. The number of fused-ring (bicyclic) bond motifs is 1. The van der Waals surface area contributed by atoms with E-state index in [1.165, 1.54) is 16.2 Å². The average Bonchev–Trinajstić information content (AvgIpc) is 2.91. The SMILES string of the molecule is O=C(NC1CCCCNC1=O)c1nc2c(s1)CCC2.